The quantitative estimate of drug-likeness (QED) is 0.556. The van der Waals surface area contributed by atoms with Crippen molar-refractivity contribution < 1.29 is 14.3 Å². The summed E-state index contributed by atoms with van der Waals surface area (Å²) in [6.45, 7) is 4.82. The second kappa shape index (κ2) is 8.68. The molecular weight excluding hydrogens is 368 g/mol. The number of benzene rings is 1. The molecule has 0 fully saturated rings. The highest BCUT2D eigenvalue weighted by molar-refractivity contribution is 8.02. The summed E-state index contributed by atoms with van der Waals surface area (Å²) < 4.78 is 5.75. The van der Waals surface area contributed by atoms with Crippen molar-refractivity contribution in [2.24, 2.45) is 0 Å². The third-order valence-corrected chi connectivity index (χ3v) is 6.27. The van der Waals surface area contributed by atoms with Crippen LogP contribution in [0.25, 0.3) is 0 Å². The monoisotopic (exact) mass is 390 g/mol. The molecule has 0 saturated carbocycles. The van der Waals surface area contributed by atoms with E-state index in [1.165, 1.54) is 28.7 Å². The zero-order valence-corrected chi connectivity index (χ0v) is 16.6. The van der Waals surface area contributed by atoms with Crippen LogP contribution in [0.1, 0.15) is 31.5 Å². The summed E-state index contributed by atoms with van der Waals surface area (Å²) in [7, 11) is 0. The summed E-state index contributed by atoms with van der Waals surface area (Å²) in [5.74, 6) is -0.173. The summed E-state index contributed by atoms with van der Waals surface area (Å²) in [5, 5.41) is 1.62. The highest BCUT2D eigenvalue weighted by Gasteiger charge is 2.27. The molecule has 2 aromatic rings. The van der Waals surface area contributed by atoms with Gasteiger partial charge in [0.05, 0.1) is 24.0 Å². The minimum absolute atomic E-state index is 0.101. The zero-order valence-electron chi connectivity index (χ0n) is 14.9. The average molecular weight is 391 g/mol. The topological polar surface area (TPSA) is 59.5 Å². The average Bonchev–Trinajstić information content (AvgIpc) is 3.07. The van der Waals surface area contributed by atoms with Crippen LogP contribution < -0.4 is 4.90 Å². The van der Waals surface area contributed by atoms with Crippen LogP contribution in [0.3, 0.4) is 0 Å². The largest absolute Gasteiger partial charge is 0.466 e. The molecule has 1 atom stereocenters. The Morgan fingerprint density at radius 1 is 1.38 bits per heavy atom. The smallest absolute Gasteiger partial charge is 0.311 e. The predicted octanol–water partition coefficient (Wildman–Crippen LogP) is 3.71. The standard InChI is InChI=1S/C19H22N2O3S2/c1-3-24-17(22)11-15-12-25-19(20-15)26-13(2)18(23)21-10-6-8-14-7-4-5-9-16(14)21/h4-5,7,9,12-13H,3,6,8,10-11H2,1-2H3. The number of thioether (sulfide) groups is 1. The molecular formula is C19H22N2O3S2. The molecule has 1 amide bonds. The first kappa shape index (κ1) is 18.9. The van der Waals surface area contributed by atoms with E-state index in [9.17, 15) is 9.59 Å². The van der Waals surface area contributed by atoms with Crippen molar-refractivity contribution in [3.05, 3.63) is 40.9 Å². The number of anilines is 1. The number of hydrogen-bond donors (Lipinski definition) is 0. The number of esters is 1. The normalized spacial score (nSPS) is 14.6. The molecule has 26 heavy (non-hydrogen) atoms. The van der Waals surface area contributed by atoms with Crippen LogP contribution in [0.2, 0.25) is 0 Å². The van der Waals surface area contributed by atoms with E-state index in [0.717, 1.165) is 29.4 Å². The van der Waals surface area contributed by atoms with Gasteiger partial charge >= 0.3 is 5.97 Å². The Kier molecular flexibility index (Phi) is 6.32. The van der Waals surface area contributed by atoms with Crippen LogP contribution in [-0.4, -0.2) is 35.3 Å². The summed E-state index contributed by atoms with van der Waals surface area (Å²) in [4.78, 5) is 30.8. The van der Waals surface area contributed by atoms with Crippen molar-refractivity contribution >= 4 is 40.7 Å². The van der Waals surface area contributed by atoms with E-state index in [2.05, 4.69) is 11.1 Å². The van der Waals surface area contributed by atoms with Gasteiger partial charge in [0.2, 0.25) is 5.91 Å². The molecule has 1 aliphatic rings. The number of nitrogens with zero attached hydrogens (tertiary/aromatic N) is 2. The Hall–Kier alpha value is -1.86. The maximum atomic E-state index is 12.9. The van der Waals surface area contributed by atoms with E-state index in [0.29, 0.717) is 12.3 Å². The highest BCUT2D eigenvalue weighted by Crippen LogP contribution is 2.32. The lowest BCUT2D eigenvalue weighted by Crippen LogP contribution is -2.40. The number of amides is 1. The van der Waals surface area contributed by atoms with Gasteiger partial charge in [-0.25, -0.2) is 4.98 Å². The van der Waals surface area contributed by atoms with Gasteiger partial charge in [-0.2, -0.15) is 0 Å². The van der Waals surface area contributed by atoms with Crippen LogP contribution in [0.15, 0.2) is 34.0 Å². The van der Waals surface area contributed by atoms with E-state index in [-0.39, 0.29) is 23.5 Å². The minimum atomic E-state index is -0.275. The zero-order chi connectivity index (χ0) is 18.5. The highest BCUT2D eigenvalue weighted by atomic mass is 32.2. The van der Waals surface area contributed by atoms with Crippen LogP contribution in [0, 0.1) is 0 Å². The lowest BCUT2D eigenvalue weighted by Gasteiger charge is -2.31. The van der Waals surface area contributed by atoms with E-state index in [1.807, 2.05) is 35.4 Å². The number of carbonyl (C=O) groups excluding carboxylic acids is 2. The molecule has 3 rings (SSSR count). The number of hydrogen-bond acceptors (Lipinski definition) is 6. The molecule has 1 aromatic heterocycles. The Bertz CT molecular complexity index is 791. The molecule has 0 saturated heterocycles. The molecule has 1 aromatic carbocycles. The molecule has 138 valence electrons. The second-order valence-electron chi connectivity index (χ2n) is 6.07. The van der Waals surface area contributed by atoms with Gasteiger partial charge in [-0.1, -0.05) is 30.0 Å². The Morgan fingerprint density at radius 2 is 2.19 bits per heavy atom. The molecule has 1 unspecified atom stereocenters. The molecule has 1 aliphatic heterocycles. The molecule has 7 heteroatoms. The van der Waals surface area contributed by atoms with E-state index < -0.39 is 0 Å². The first-order valence-electron chi connectivity index (χ1n) is 8.74. The SMILES string of the molecule is CCOC(=O)Cc1csc(SC(C)C(=O)N2CCCc3ccccc32)n1. The molecule has 0 radical (unpaired) electrons. The lowest BCUT2D eigenvalue weighted by molar-refractivity contribution is -0.142. The second-order valence-corrected chi connectivity index (χ2v) is 8.51. The van der Waals surface area contributed by atoms with Gasteiger partial charge in [-0.05, 0) is 38.3 Å². The lowest BCUT2D eigenvalue weighted by atomic mass is 10.0. The van der Waals surface area contributed by atoms with Crippen molar-refractivity contribution in [1.29, 1.82) is 0 Å². The van der Waals surface area contributed by atoms with Gasteiger partial charge in [-0.15, -0.1) is 11.3 Å². The van der Waals surface area contributed by atoms with Gasteiger partial charge in [0.15, 0.2) is 4.34 Å². The molecule has 0 aliphatic carbocycles. The third-order valence-electron chi connectivity index (χ3n) is 4.16. The fraction of sp³-hybridized carbons (Fsp3) is 0.421. The number of thiazole rings is 1. The van der Waals surface area contributed by atoms with Crippen molar-refractivity contribution in [3.63, 3.8) is 0 Å². The minimum Gasteiger partial charge on any atom is -0.466 e. The first-order valence-corrected chi connectivity index (χ1v) is 10.5. The van der Waals surface area contributed by atoms with E-state index >= 15 is 0 Å². The summed E-state index contributed by atoms with van der Waals surface area (Å²) >= 11 is 2.91. The summed E-state index contributed by atoms with van der Waals surface area (Å²) in [6, 6.07) is 8.11. The number of ether oxygens (including phenoxy) is 1. The number of aromatic nitrogens is 1. The Balaban J connectivity index is 1.64. The van der Waals surface area contributed by atoms with E-state index in [4.69, 9.17) is 4.74 Å². The third kappa shape index (κ3) is 4.45. The fourth-order valence-corrected chi connectivity index (χ4v) is 5.01. The van der Waals surface area contributed by atoms with Gasteiger partial charge < -0.3 is 9.64 Å². The maximum absolute atomic E-state index is 12.9. The van der Waals surface area contributed by atoms with Crippen molar-refractivity contribution in [2.45, 2.75) is 42.7 Å². The Labute approximate surface area is 161 Å². The number of carbonyl (C=O) groups is 2. The van der Waals surface area contributed by atoms with Crippen LogP contribution in [-0.2, 0) is 27.2 Å². The van der Waals surface area contributed by atoms with Gasteiger partial charge in [0.25, 0.3) is 0 Å². The number of fused-ring (bicyclic) bond motifs is 1. The predicted molar refractivity (Wildman–Crippen MR) is 105 cm³/mol. The van der Waals surface area contributed by atoms with Crippen molar-refractivity contribution in [3.8, 4) is 0 Å². The summed E-state index contributed by atoms with van der Waals surface area (Å²) in [5.41, 5.74) is 2.95. The van der Waals surface area contributed by atoms with Crippen molar-refractivity contribution in [2.75, 3.05) is 18.1 Å². The van der Waals surface area contributed by atoms with E-state index in [1.54, 1.807) is 6.92 Å². The molecule has 2 heterocycles. The molecule has 0 N–H and O–H groups in total. The van der Waals surface area contributed by atoms with Crippen LogP contribution in [0.5, 0.6) is 0 Å². The number of rotatable bonds is 6. The maximum Gasteiger partial charge on any atom is 0.311 e. The first-order chi connectivity index (χ1) is 12.6. The molecule has 0 spiro atoms. The van der Waals surface area contributed by atoms with Crippen molar-refractivity contribution in [1.82, 2.24) is 4.98 Å². The number of aryl methyl sites for hydroxylation is 1. The van der Waals surface area contributed by atoms with Gasteiger partial charge in [0.1, 0.15) is 0 Å². The molecule has 5 nitrogen and oxygen atoms in total. The van der Waals surface area contributed by atoms with Crippen LogP contribution in [0.4, 0.5) is 5.69 Å². The fourth-order valence-electron chi connectivity index (χ4n) is 2.97. The number of para-hydroxylation sites is 1. The molecule has 0 bridgehead atoms. The Morgan fingerprint density at radius 3 is 3.00 bits per heavy atom. The van der Waals surface area contributed by atoms with Gasteiger partial charge in [-0.3, -0.25) is 9.59 Å². The summed E-state index contributed by atoms with van der Waals surface area (Å²) in [6.07, 6.45) is 2.18. The van der Waals surface area contributed by atoms with Gasteiger partial charge in [0, 0.05) is 17.6 Å². The van der Waals surface area contributed by atoms with Crippen LogP contribution >= 0.6 is 23.1 Å².